The molecule has 0 aliphatic carbocycles. The summed E-state index contributed by atoms with van der Waals surface area (Å²) in [5.74, 6) is 0.292. The normalized spacial score (nSPS) is 9.54. The first-order chi connectivity index (χ1) is 6.29. The third-order valence-electron chi connectivity index (χ3n) is 1.37. The number of amides is 1. The molecule has 0 radical (unpaired) electrons. The topological polar surface area (TPSA) is 78.1 Å². The van der Waals surface area contributed by atoms with E-state index in [2.05, 4.69) is 9.97 Å². The van der Waals surface area contributed by atoms with Crippen LogP contribution >= 0.6 is 0 Å². The van der Waals surface area contributed by atoms with Crippen molar-refractivity contribution in [2.24, 2.45) is 5.73 Å². The minimum absolute atomic E-state index is 0.312. The van der Waals surface area contributed by atoms with E-state index in [1.54, 1.807) is 12.4 Å². The van der Waals surface area contributed by atoms with Gasteiger partial charge in [-0.1, -0.05) is 0 Å². The predicted molar refractivity (Wildman–Crippen MR) is 46.0 cm³/mol. The van der Waals surface area contributed by atoms with Crippen LogP contribution in [-0.2, 0) is 4.79 Å². The van der Waals surface area contributed by atoms with Crippen LogP contribution in [0.2, 0.25) is 0 Å². The average molecular weight is 181 g/mol. The molecule has 70 valence electrons. The maximum absolute atomic E-state index is 10.4. The van der Waals surface area contributed by atoms with Crippen molar-refractivity contribution in [3.05, 3.63) is 18.7 Å². The van der Waals surface area contributed by atoms with E-state index in [1.807, 2.05) is 0 Å². The molecule has 1 amide bonds. The van der Waals surface area contributed by atoms with Crippen LogP contribution in [0.25, 0.3) is 0 Å². The number of aromatic nitrogens is 2. The largest absolute Gasteiger partial charge is 0.490 e. The summed E-state index contributed by atoms with van der Waals surface area (Å²) in [5.41, 5.74) is 4.95. The molecule has 0 bridgehead atoms. The molecule has 0 fully saturated rings. The summed E-state index contributed by atoms with van der Waals surface area (Å²) in [5, 5.41) is 0. The van der Waals surface area contributed by atoms with Crippen LogP contribution in [0.15, 0.2) is 18.7 Å². The number of primary amides is 1. The van der Waals surface area contributed by atoms with E-state index >= 15 is 0 Å². The Bertz CT molecular complexity index is 263. The highest BCUT2D eigenvalue weighted by Gasteiger charge is 1.95. The van der Waals surface area contributed by atoms with E-state index < -0.39 is 0 Å². The van der Waals surface area contributed by atoms with Crippen LogP contribution in [0.5, 0.6) is 5.75 Å². The van der Waals surface area contributed by atoms with Crippen molar-refractivity contribution in [1.82, 2.24) is 9.97 Å². The Morgan fingerprint density at radius 2 is 2.15 bits per heavy atom. The number of rotatable bonds is 5. The van der Waals surface area contributed by atoms with Gasteiger partial charge in [0, 0.05) is 6.42 Å². The number of ether oxygens (including phenoxy) is 1. The third-order valence-corrected chi connectivity index (χ3v) is 1.37. The van der Waals surface area contributed by atoms with Gasteiger partial charge >= 0.3 is 0 Å². The van der Waals surface area contributed by atoms with Crippen molar-refractivity contribution >= 4 is 5.91 Å². The van der Waals surface area contributed by atoms with Crippen LogP contribution in [0.1, 0.15) is 12.8 Å². The van der Waals surface area contributed by atoms with Crippen LogP contribution in [-0.4, -0.2) is 22.5 Å². The fourth-order valence-corrected chi connectivity index (χ4v) is 0.796. The van der Waals surface area contributed by atoms with Crippen molar-refractivity contribution in [2.45, 2.75) is 12.8 Å². The highest BCUT2D eigenvalue weighted by molar-refractivity contribution is 5.73. The third kappa shape index (κ3) is 4.05. The molecule has 0 spiro atoms. The first-order valence-electron chi connectivity index (χ1n) is 3.95. The van der Waals surface area contributed by atoms with Crippen molar-refractivity contribution < 1.29 is 9.53 Å². The van der Waals surface area contributed by atoms with Crippen LogP contribution < -0.4 is 10.5 Å². The first-order valence-corrected chi connectivity index (χ1v) is 3.95. The molecule has 0 aliphatic rings. The second-order valence-corrected chi connectivity index (χ2v) is 2.49. The number of hydrogen-bond donors (Lipinski definition) is 1. The molecule has 1 aromatic rings. The lowest BCUT2D eigenvalue weighted by molar-refractivity contribution is -0.118. The smallest absolute Gasteiger partial charge is 0.217 e. The quantitative estimate of drug-likeness (QED) is 0.654. The number of carbonyl (C=O) groups is 1. The lowest BCUT2D eigenvalue weighted by Crippen LogP contribution is -2.11. The molecular formula is C8H11N3O2. The first kappa shape index (κ1) is 9.44. The predicted octanol–water partition coefficient (Wildman–Crippen LogP) is 0.121. The summed E-state index contributed by atoms with van der Waals surface area (Å²) in [6.45, 7) is 0.455. The Labute approximate surface area is 75.9 Å². The number of nitrogens with two attached hydrogens (primary N) is 1. The zero-order valence-corrected chi connectivity index (χ0v) is 7.14. The summed E-state index contributed by atoms with van der Waals surface area (Å²) in [6, 6.07) is 0. The summed E-state index contributed by atoms with van der Waals surface area (Å²) >= 11 is 0. The fraction of sp³-hybridized carbons (Fsp3) is 0.375. The van der Waals surface area contributed by atoms with Crippen molar-refractivity contribution in [2.75, 3.05) is 6.61 Å². The van der Waals surface area contributed by atoms with Gasteiger partial charge in [-0.25, -0.2) is 9.97 Å². The lowest BCUT2D eigenvalue weighted by Gasteiger charge is -2.02. The van der Waals surface area contributed by atoms with Gasteiger partial charge in [0.1, 0.15) is 6.33 Å². The maximum Gasteiger partial charge on any atom is 0.217 e. The molecule has 0 saturated heterocycles. The van der Waals surface area contributed by atoms with Gasteiger partial charge in [-0.15, -0.1) is 0 Å². The fourth-order valence-electron chi connectivity index (χ4n) is 0.796. The SMILES string of the molecule is NC(=O)CCCOc1cncnc1. The molecule has 0 unspecified atom stereocenters. The Hall–Kier alpha value is -1.65. The van der Waals surface area contributed by atoms with Crippen molar-refractivity contribution in [3.63, 3.8) is 0 Å². The molecule has 0 saturated carbocycles. The Morgan fingerprint density at radius 3 is 2.77 bits per heavy atom. The zero-order chi connectivity index (χ0) is 9.52. The van der Waals surface area contributed by atoms with Crippen LogP contribution in [0.4, 0.5) is 0 Å². The molecule has 5 nitrogen and oxygen atoms in total. The highest BCUT2D eigenvalue weighted by Crippen LogP contribution is 2.04. The minimum Gasteiger partial charge on any atom is -0.490 e. The average Bonchev–Trinajstić information content (AvgIpc) is 2.14. The van der Waals surface area contributed by atoms with E-state index in [1.165, 1.54) is 6.33 Å². The van der Waals surface area contributed by atoms with E-state index in [0.29, 0.717) is 25.2 Å². The van der Waals surface area contributed by atoms with Crippen LogP contribution in [0.3, 0.4) is 0 Å². The van der Waals surface area contributed by atoms with E-state index in [0.717, 1.165) is 0 Å². The molecule has 2 N–H and O–H groups in total. The molecule has 0 aromatic carbocycles. The molecule has 5 heteroatoms. The van der Waals surface area contributed by atoms with Gasteiger partial charge in [0.05, 0.1) is 19.0 Å². The number of nitrogens with zero attached hydrogens (tertiary/aromatic N) is 2. The molecular weight excluding hydrogens is 170 g/mol. The molecule has 13 heavy (non-hydrogen) atoms. The monoisotopic (exact) mass is 181 g/mol. The Kier molecular flexibility index (Phi) is 3.69. The lowest BCUT2D eigenvalue weighted by atomic mass is 10.3. The van der Waals surface area contributed by atoms with Gasteiger partial charge in [0.15, 0.2) is 5.75 Å². The standard InChI is InChI=1S/C8H11N3O2/c9-8(12)2-1-3-13-7-4-10-6-11-5-7/h4-6H,1-3H2,(H2,9,12). The van der Waals surface area contributed by atoms with Gasteiger partial charge in [0.25, 0.3) is 0 Å². The molecule has 0 aliphatic heterocycles. The maximum atomic E-state index is 10.4. The van der Waals surface area contributed by atoms with E-state index in [9.17, 15) is 4.79 Å². The van der Waals surface area contributed by atoms with Crippen molar-refractivity contribution in [1.29, 1.82) is 0 Å². The van der Waals surface area contributed by atoms with E-state index in [-0.39, 0.29) is 5.91 Å². The number of carbonyl (C=O) groups excluding carboxylic acids is 1. The van der Waals surface area contributed by atoms with Gasteiger partial charge in [-0.2, -0.15) is 0 Å². The summed E-state index contributed by atoms with van der Waals surface area (Å²) in [6.07, 6.45) is 5.52. The van der Waals surface area contributed by atoms with E-state index in [4.69, 9.17) is 10.5 Å². The van der Waals surface area contributed by atoms with Crippen LogP contribution in [0, 0.1) is 0 Å². The Balaban J connectivity index is 2.17. The molecule has 0 atom stereocenters. The Morgan fingerprint density at radius 1 is 1.46 bits per heavy atom. The van der Waals surface area contributed by atoms with Gasteiger partial charge < -0.3 is 10.5 Å². The second-order valence-electron chi connectivity index (χ2n) is 2.49. The molecule has 1 heterocycles. The molecule has 1 aromatic heterocycles. The summed E-state index contributed by atoms with van der Waals surface area (Å²) in [7, 11) is 0. The minimum atomic E-state index is -0.312. The van der Waals surface area contributed by atoms with Crippen molar-refractivity contribution in [3.8, 4) is 5.75 Å². The highest BCUT2D eigenvalue weighted by atomic mass is 16.5. The summed E-state index contributed by atoms with van der Waals surface area (Å²) in [4.78, 5) is 17.9. The van der Waals surface area contributed by atoms with Gasteiger partial charge in [-0.05, 0) is 6.42 Å². The van der Waals surface area contributed by atoms with Gasteiger partial charge in [0.2, 0.25) is 5.91 Å². The summed E-state index contributed by atoms with van der Waals surface area (Å²) < 4.78 is 5.22. The second kappa shape index (κ2) is 5.08. The molecule has 1 rings (SSSR count). The van der Waals surface area contributed by atoms with Gasteiger partial charge in [-0.3, -0.25) is 4.79 Å². The number of hydrogen-bond acceptors (Lipinski definition) is 4. The zero-order valence-electron chi connectivity index (χ0n) is 7.14.